The van der Waals surface area contributed by atoms with E-state index in [0.717, 1.165) is 16.5 Å². The van der Waals surface area contributed by atoms with E-state index in [1.54, 1.807) is 12.1 Å². The zero-order valence-electron chi connectivity index (χ0n) is 8.11. The van der Waals surface area contributed by atoms with Gasteiger partial charge in [-0.1, -0.05) is 15.9 Å². The summed E-state index contributed by atoms with van der Waals surface area (Å²) in [6, 6.07) is 4.87. The standard InChI is InChI=1S/C11H13BrFN/c1-14-11(4-5-11)7-8-6-9(13)2-3-10(8)12/h2-3,6,14H,4-5,7H2,1H3. The monoisotopic (exact) mass is 257 g/mol. The molecule has 0 heterocycles. The van der Waals surface area contributed by atoms with Crippen molar-refractivity contribution in [3.05, 3.63) is 34.1 Å². The van der Waals surface area contributed by atoms with Gasteiger partial charge in [0.15, 0.2) is 0 Å². The largest absolute Gasteiger partial charge is 0.314 e. The molecule has 1 aromatic rings. The molecule has 14 heavy (non-hydrogen) atoms. The highest BCUT2D eigenvalue weighted by Gasteiger charge is 2.41. The molecule has 0 saturated heterocycles. The fourth-order valence-electron chi connectivity index (χ4n) is 1.71. The van der Waals surface area contributed by atoms with Gasteiger partial charge in [-0.25, -0.2) is 4.39 Å². The molecule has 2 rings (SSSR count). The summed E-state index contributed by atoms with van der Waals surface area (Å²) in [7, 11) is 1.97. The molecule has 1 saturated carbocycles. The van der Waals surface area contributed by atoms with Crippen molar-refractivity contribution in [3.63, 3.8) is 0 Å². The van der Waals surface area contributed by atoms with E-state index in [-0.39, 0.29) is 11.4 Å². The quantitative estimate of drug-likeness (QED) is 0.879. The number of rotatable bonds is 3. The van der Waals surface area contributed by atoms with Gasteiger partial charge in [0, 0.05) is 10.0 Å². The molecule has 1 fully saturated rings. The Kier molecular flexibility index (Phi) is 2.62. The fourth-order valence-corrected chi connectivity index (χ4v) is 2.10. The zero-order valence-corrected chi connectivity index (χ0v) is 9.70. The van der Waals surface area contributed by atoms with Crippen LogP contribution >= 0.6 is 15.9 Å². The van der Waals surface area contributed by atoms with Gasteiger partial charge in [0.2, 0.25) is 0 Å². The molecule has 0 bridgehead atoms. The van der Waals surface area contributed by atoms with Crippen LogP contribution in [0.15, 0.2) is 22.7 Å². The Bertz CT molecular complexity index is 347. The lowest BCUT2D eigenvalue weighted by molar-refractivity contribution is 0.544. The number of halogens is 2. The number of benzene rings is 1. The summed E-state index contributed by atoms with van der Waals surface area (Å²) in [4.78, 5) is 0. The van der Waals surface area contributed by atoms with E-state index < -0.39 is 0 Å². The third kappa shape index (κ3) is 1.98. The molecule has 1 N–H and O–H groups in total. The van der Waals surface area contributed by atoms with E-state index in [4.69, 9.17) is 0 Å². The first-order chi connectivity index (χ1) is 6.65. The maximum atomic E-state index is 13.0. The molecular weight excluding hydrogens is 245 g/mol. The first kappa shape index (κ1) is 10.1. The van der Waals surface area contributed by atoms with Crippen molar-refractivity contribution in [2.45, 2.75) is 24.8 Å². The average molecular weight is 258 g/mol. The first-order valence-corrected chi connectivity index (χ1v) is 5.57. The van der Waals surface area contributed by atoms with Crippen molar-refractivity contribution >= 4 is 15.9 Å². The van der Waals surface area contributed by atoms with Gasteiger partial charge in [-0.15, -0.1) is 0 Å². The Labute approximate surface area is 91.8 Å². The van der Waals surface area contributed by atoms with Crippen LogP contribution in [0, 0.1) is 5.82 Å². The van der Waals surface area contributed by atoms with Crippen LogP contribution in [0.3, 0.4) is 0 Å². The van der Waals surface area contributed by atoms with Gasteiger partial charge in [-0.2, -0.15) is 0 Å². The lowest BCUT2D eigenvalue weighted by Crippen LogP contribution is -2.29. The first-order valence-electron chi connectivity index (χ1n) is 4.78. The van der Waals surface area contributed by atoms with Gasteiger partial charge < -0.3 is 5.32 Å². The predicted molar refractivity (Wildman–Crippen MR) is 58.8 cm³/mol. The molecule has 0 aromatic heterocycles. The summed E-state index contributed by atoms with van der Waals surface area (Å²) in [5, 5.41) is 3.30. The van der Waals surface area contributed by atoms with Crippen molar-refractivity contribution in [2.24, 2.45) is 0 Å². The van der Waals surface area contributed by atoms with Gasteiger partial charge in [-0.05, 0) is 50.1 Å². The van der Waals surface area contributed by atoms with E-state index >= 15 is 0 Å². The van der Waals surface area contributed by atoms with Gasteiger partial charge in [0.05, 0.1) is 0 Å². The fraction of sp³-hybridized carbons (Fsp3) is 0.455. The average Bonchev–Trinajstić information content (AvgIpc) is 2.92. The summed E-state index contributed by atoms with van der Waals surface area (Å²) in [6.45, 7) is 0. The SMILES string of the molecule is CNC1(Cc2cc(F)ccc2Br)CC1. The molecule has 1 aliphatic rings. The summed E-state index contributed by atoms with van der Waals surface area (Å²) < 4.78 is 14.0. The summed E-state index contributed by atoms with van der Waals surface area (Å²) in [6.07, 6.45) is 3.28. The third-order valence-electron chi connectivity index (χ3n) is 2.92. The van der Waals surface area contributed by atoms with Crippen molar-refractivity contribution in [2.75, 3.05) is 7.05 Å². The van der Waals surface area contributed by atoms with E-state index in [2.05, 4.69) is 21.2 Å². The molecule has 0 radical (unpaired) electrons. The number of nitrogens with one attached hydrogen (secondary N) is 1. The van der Waals surface area contributed by atoms with E-state index in [9.17, 15) is 4.39 Å². The zero-order chi connectivity index (χ0) is 10.2. The van der Waals surface area contributed by atoms with Crippen molar-refractivity contribution in [3.8, 4) is 0 Å². The van der Waals surface area contributed by atoms with Crippen LogP contribution in [-0.2, 0) is 6.42 Å². The molecule has 1 aliphatic carbocycles. The van der Waals surface area contributed by atoms with Crippen LogP contribution in [0.25, 0.3) is 0 Å². The maximum Gasteiger partial charge on any atom is 0.123 e. The van der Waals surface area contributed by atoms with Crippen LogP contribution in [0.2, 0.25) is 0 Å². The Morgan fingerprint density at radius 2 is 2.21 bits per heavy atom. The van der Waals surface area contributed by atoms with Gasteiger partial charge in [0.1, 0.15) is 5.82 Å². The molecule has 3 heteroatoms. The molecule has 76 valence electrons. The summed E-state index contributed by atoms with van der Waals surface area (Å²) in [5.74, 6) is -0.157. The van der Waals surface area contributed by atoms with E-state index in [1.165, 1.54) is 18.9 Å². The Morgan fingerprint density at radius 1 is 1.50 bits per heavy atom. The molecule has 1 aromatic carbocycles. The van der Waals surface area contributed by atoms with Crippen LogP contribution in [0.4, 0.5) is 4.39 Å². The Morgan fingerprint density at radius 3 is 2.79 bits per heavy atom. The second-order valence-electron chi connectivity index (χ2n) is 3.94. The number of hydrogen-bond donors (Lipinski definition) is 1. The molecule has 0 atom stereocenters. The number of hydrogen-bond acceptors (Lipinski definition) is 1. The van der Waals surface area contributed by atoms with Crippen molar-refractivity contribution in [1.29, 1.82) is 0 Å². The molecule has 1 nitrogen and oxygen atoms in total. The van der Waals surface area contributed by atoms with Gasteiger partial charge in [0.25, 0.3) is 0 Å². The topological polar surface area (TPSA) is 12.0 Å². The maximum absolute atomic E-state index is 13.0. The Balaban J connectivity index is 2.20. The second-order valence-corrected chi connectivity index (χ2v) is 4.80. The highest BCUT2D eigenvalue weighted by Crippen LogP contribution is 2.39. The lowest BCUT2D eigenvalue weighted by Gasteiger charge is -2.14. The highest BCUT2D eigenvalue weighted by atomic mass is 79.9. The molecule has 0 spiro atoms. The van der Waals surface area contributed by atoms with Gasteiger partial charge >= 0.3 is 0 Å². The minimum atomic E-state index is -0.157. The third-order valence-corrected chi connectivity index (χ3v) is 3.69. The minimum absolute atomic E-state index is 0.157. The predicted octanol–water partition coefficient (Wildman–Crippen LogP) is 2.88. The summed E-state index contributed by atoms with van der Waals surface area (Å²) in [5.41, 5.74) is 1.29. The normalized spacial score (nSPS) is 18.2. The molecule has 0 aliphatic heterocycles. The summed E-state index contributed by atoms with van der Waals surface area (Å²) >= 11 is 3.45. The van der Waals surface area contributed by atoms with Crippen LogP contribution < -0.4 is 5.32 Å². The van der Waals surface area contributed by atoms with Crippen molar-refractivity contribution in [1.82, 2.24) is 5.32 Å². The second kappa shape index (κ2) is 3.63. The number of likely N-dealkylation sites (N-methyl/N-ethyl adjacent to an activating group) is 1. The van der Waals surface area contributed by atoms with Crippen molar-refractivity contribution < 1.29 is 4.39 Å². The van der Waals surface area contributed by atoms with E-state index in [1.807, 2.05) is 7.05 Å². The Hall–Kier alpha value is -0.410. The molecule has 0 unspecified atom stereocenters. The lowest BCUT2D eigenvalue weighted by atomic mass is 10.0. The van der Waals surface area contributed by atoms with Crippen LogP contribution in [0.1, 0.15) is 18.4 Å². The van der Waals surface area contributed by atoms with Crippen LogP contribution in [-0.4, -0.2) is 12.6 Å². The van der Waals surface area contributed by atoms with E-state index in [0.29, 0.717) is 0 Å². The van der Waals surface area contributed by atoms with Crippen LogP contribution in [0.5, 0.6) is 0 Å². The van der Waals surface area contributed by atoms with Gasteiger partial charge in [-0.3, -0.25) is 0 Å². The molecular formula is C11H13BrFN. The smallest absolute Gasteiger partial charge is 0.123 e. The highest BCUT2D eigenvalue weighted by molar-refractivity contribution is 9.10. The molecule has 0 amide bonds. The minimum Gasteiger partial charge on any atom is -0.314 e.